The third kappa shape index (κ3) is 3.66. The number of anilines is 1. The molecule has 1 N–H and O–H groups in total. The number of nitro benzene ring substituents is 1. The Hall–Kier alpha value is -1.64. The first-order valence-electron chi connectivity index (χ1n) is 5.73. The van der Waals surface area contributed by atoms with Crippen molar-refractivity contribution in [2.24, 2.45) is 0 Å². The molecule has 6 nitrogen and oxygen atoms in total. The second-order valence-corrected chi connectivity index (χ2v) is 5.29. The lowest BCUT2D eigenvalue weighted by atomic mass is 10.3. The SMILES string of the molecule is Cc1cnn(CCNc2ccc([N+](=O)[O-])cc2I)c1. The number of hydrogen-bond donors (Lipinski definition) is 1. The third-order valence-electron chi connectivity index (χ3n) is 2.58. The van der Waals surface area contributed by atoms with E-state index in [0.29, 0.717) is 0 Å². The molecule has 1 aromatic carbocycles. The van der Waals surface area contributed by atoms with Gasteiger partial charge >= 0.3 is 0 Å². The van der Waals surface area contributed by atoms with Gasteiger partial charge in [-0.25, -0.2) is 0 Å². The van der Waals surface area contributed by atoms with E-state index in [2.05, 4.69) is 33.0 Å². The van der Waals surface area contributed by atoms with Crippen LogP contribution in [0.1, 0.15) is 5.56 Å². The van der Waals surface area contributed by atoms with E-state index < -0.39 is 4.92 Å². The molecule has 0 bridgehead atoms. The van der Waals surface area contributed by atoms with E-state index in [-0.39, 0.29) is 5.69 Å². The summed E-state index contributed by atoms with van der Waals surface area (Å²) in [5, 5.41) is 18.1. The van der Waals surface area contributed by atoms with E-state index in [1.54, 1.807) is 12.1 Å². The number of non-ortho nitro benzene ring substituents is 1. The van der Waals surface area contributed by atoms with Gasteiger partial charge in [-0.3, -0.25) is 14.8 Å². The molecule has 0 aliphatic heterocycles. The molecule has 0 unspecified atom stereocenters. The second kappa shape index (κ2) is 6.00. The Morgan fingerprint density at radius 2 is 2.32 bits per heavy atom. The molecular weight excluding hydrogens is 359 g/mol. The van der Waals surface area contributed by atoms with Gasteiger partial charge in [-0.15, -0.1) is 0 Å². The lowest BCUT2D eigenvalue weighted by molar-refractivity contribution is -0.384. The van der Waals surface area contributed by atoms with E-state index in [1.807, 2.05) is 24.0 Å². The van der Waals surface area contributed by atoms with Crippen LogP contribution >= 0.6 is 22.6 Å². The molecule has 7 heteroatoms. The lowest BCUT2D eigenvalue weighted by Crippen LogP contribution is -2.11. The Bertz CT molecular complexity index is 597. The van der Waals surface area contributed by atoms with Crippen molar-refractivity contribution in [3.8, 4) is 0 Å². The zero-order valence-electron chi connectivity index (χ0n) is 10.3. The van der Waals surface area contributed by atoms with Gasteiger partial charge in [0.05, 0.1) is 17.7 Å². The summed E-state index contributed by atoms with van der Waals surface area (Å²) in [6, 6.07) is 4.79. The maximum atomic E-state index is 10.6. The quantitative estimate of drug-likeness (QED) is 0.498. The Labute approximate surface area is 124 Å². The van der Waals surface area contributed by atoms with E-state index >= 15 is 0 Å². The van der Waals surface area contributed by atoms with Crippen molar-refractivity contribution in [2.75, 3.05) is 11.9 Å². The van der Waals surface area contributed by atoms with Gasteiger partial charge in [0, 0.05) is 34.1 Å². The van der Waals surface area contributed by atoms with Gasteiger partial charge < -0.3 is 5.32 Å². The number of benzene rings is 1. The summed E-state index contributed by atoms with van der Waals surface area (Å²) < 4.78 is 2.70. The van der Waals surface area contributed by atoms with Crippen molar-refractivity contribution < 1.29 is 4.92 Å². The predicted molar refractivity (Wildman–Crippen MR) is 81.3 cm³/mol. The molecule has 19 heavy (non-hydrogen) atoms. The predicted octanol–water partition coefficient (Wildman–Crippen LogP) is 2.82. The van der Waals surface area contributed by atoms with Crippen LogP contribution in [0.15, 0.2) is 30.6 Å². The fraction of sp³-hybridized carbons (Fsp3) is 0.250. The van der Waals surface area contributed by atoms with Crippen LogP contribution < -0.4 is 5.32 Å². The molecule has 2 aromatic rings. The minimum Gasteiger partial charge on any atom is -0.382 e. The Kier molecular flexibility index (Phi) is 4.35. The molecule has 0 saturated carbocycles. The van der Waals surface area contributed by atoms with E-state index in [4.69, 9.17) is 0 Å². The molecule has 0 saturated heterocycles. The summed E-state index contributed by atoms with van der Waals surface area (Å²) in [5.41, 5.74) is 2.14. The molecule has 100 valence electrons. The molecular formula is C12H13IN4O2. The summed E-state index contributed by atoms with van der Waals surface area (Å²) in [4.78, 5) is 10.2. The molecule has 0 atom stereocenters. The summed E-state index contributed by atoms with van der Waals surface area (Å²) in [6.07, 6.45) is 3.79. The summed E-state index contributed by atoms with van der Waals surface area (Å²) in [6.45, 7) is 3.46. The molecule has 0 amide bonds. The van der Waals surface area contributed by atoms with Crippen molar-refractivity contribution in [1.82, 2.24) is 9.78 Å². The van der Waals surface area contributed by atoms with Crippen LogP contribution in [-0.2, 0) is 6.54 Å². The molecule has 1 aromatic heterocycles. The van der Waals surface area contributed by atoms with Gasteiger partial charge in [-0.05, 0) is 41.1 Å². The van der Waals surface area contributed by atoms with E-state index in [1.165, 1.54) is 6.07 Å². The topological polar surface area (TPSA) is 73.0 Å². The molecule has 0 radical (unpaired) electrons. The third-order valence-corrected chi connectivity index (χ3v) is 3.47. The fourth-order valence-electron chi connectivity index (χ4n) is 1.66. The van der Waals surface area contributed by atoms with Crippen molar-refractivity contribution >= 4 is 34.0 Å². The van der Waals surface area contributed by atoms with Crippen molar-refractivity contribution in [1.29, 1.82) is 0 Å². The average Bonchev–Trinajstić information content (AvgIpc) is 2.77. The number of aromatic nitrogens is 2. The Morgan fingerprint density at radius 3 is 2.89 bits per heavy atom. The van der Waals surface area contributed by atoms with Crippen LogP contribution in [0.4, 0.5) is 11.4 Å². The summed E-state index contributed by atoms with van der Waals surface area (Å²) >= 11 is 2.09. The Morgan fingerprint density at radius 1 is 1.53 bits per heavy atom. The molecule has 2 rings (SSSR count). The summed E-state index contributed by atoms with van der Waals surface area (Å²) in [5.74, 6) is 0. The fourth-order valence-corrected chi connectivity index (χ4v) is 2.34. The van der Waals surface area contributed by atoms with Gasteiger partial charge in [-0.2, -0.15) is 5.10 Å². The molecule has 0 fully saturated rings. The van der Waals surface area contributed by atoms with Crippen LogP contribution in [0.3, 0.4) is 0 Å². The standard InChI is InChI=1S/C12H13IN4O2/c1-9-7-15-16(8-9)5-4-14-12-3-2-10(17(18)19)6-11(12)13/h2-3,6-8,14H,4-5H2,1H3. The minimum atomic E-state index is -0.390. The van der Waals surface area contributed by atoms with Gasteiger partial charge in [-0.1, -0.05) is 0 Å². The highest BCUT2D eigenvalue weighted by molar-refractivity contribution is 14.1. The van der Waals surface area contributed by atoms with Crippen LogP contribution in [0.5, 0.6) is 0 Å². The zero-order valence-corrected chi connectivity index (χ0v) is 12.5. The monoisotopic (exact) mass is 372 g/mol. The van der Waals surface area contributed by atoms with Crippen LogP contribution in [0, 0.1) is 20.6 Å². The smallest absolute Gasteiger partial charge is 0.270 e. The number of nitrogens with zero attached hydrogens (tertiary/aromatic N) is 3. The van der Waals surface area contributed by atoms with Gasteiger partial charge in [0.2, 0.25) is 0 Å². The normalized spacial score (nSPS) is 10.4. The highest BCUT2D eigenvalue weighted by Crippen LogP contribution is 2.23. The first-order chi connectivity index (χ1) is 9.06. The van der Waals surface area contributed by atoms with E-state index in [0.717, 1.165) is 27.9 Å². The highest BCUT2D eigenvalue weighted by atomic mass is 127. The zero-order chi connectivity index (χ0) is 13.8. The van der Waals surface area contributed by atoms with Crippen LogP contribution in [0.2, 0.25) is 0 Å². The average molecular weight is 372 g/mol. The first kappa shape index (κ1) is 13.8. The number of rotatable bonds is 5. The van der Waals surface area contributed by atoms with Gasteiger partial charge in [0.1, 0.15) is 0 Å². The number of hydrogen-bond acceptors (Lipinski definition) is 4. The van der Waals surface area contributed by atoms with Crippen molar-refractivity contribution in [3.05, 3.63) is 49.8 Å². The van der Waals surface area contributed by atoms with E-state index in [9.17, 15) is 10.1 Å². The maximum absolute atomic E-state index is 10.6. The number of nitrogens with one attached hydrogen (secondary N) is 1. The maximum Gasteiger partial charge on any atom is 0.270 e. The second-order valence-electron chi connectivity index (χ2n) is 4.13. The largest absolute Gasteiger partial charge is 0.382 e. The summed E-state index contributed by atoms with van der Waals surface area (Å²) in [7, 11) is 0. The Balaban J connectivity index is 1.94. The van der Waals surface area contributed by atoms with Crippen LogP contribution in [-0.4, -0.2) is 21.2 Å². The molecule has 1 heterocycles. The van der Waals surface area contributed by atoms with Gasteiger partial charge in [0.25, 0.3) is 5.69 Å². The first-order valence-corrected chi connectivity index (χ1v) is 6.81. The molecule has 0 aliphatic carbocycles. The molecule has 0 spiro atoms. The van der Waals surface area contributed by atoms with Crippen molar-refractivity contribution in [2.45, 2.75) is 13.5 Å². The number of aryl methyl sites for hydroxylation is 1. The number of nitro groups is 1. The lowest BCUT2D eigenvalue weighted by Gasteiger charge is -2.08. The molecule has 0 aliphatic rings. The van der Waals surface area contributed by atoms with Crippen LogP contribution in [0.25, 0.3) is 0 Å². The highest BCUT2D eigenvalue weighted by Gasteiger charge is 2.08. The van der Waals surface area contributed by atoms with Crippen molar-refractivity contribution in [3.63, 3.8) is 0 Å². The number of halogens is 1. The minimum absolute atomic E-state index is 0.109. The van der Waals surface area contributed by atoms with Gasteiger partial charge in [0.15, 0.2) is 0 Å².